The molecule has 0 fully saturated rings. The van der Waals surface area contributed by atoms with Gasteiger partial charge >= 0.3 is 5.97 Å². The number of aliphatic imine (C=N–C) groups is 1. The van der Waals surface area contributed by atoms with Crippen LogP contribution in [-0.2, 0) is 16.1 Å². The second-order valence-corrected chi connectivity index (χ2v) is 9.69. The van der Waals surface area contributed by atoms with E-state index in [1.807, 2.05) is 60.7 Å². The van der Waals surface area contributed by atoms with Gasteiger partial charge in [0.1, 0.15) is 6.61 Å². The molecule has 0 radical (unpaired) electrons. The molecule has 162 valence electrons. The van der Waals surface area contributed by atoms with Crippen molar-refractivity contribution in [3.05, 3.63) is 95.6 Å². The summed E-state index contributed by atoms with van der Waals surface area (Å²) in [5, 5.41) is 0. The van der Waals surface area contributed by atoms with Gasteiger partial charge in [0.15, 0.2) is 17.2 Å². The lowest BCUT2D eigenvalue weighted by Gasteiger charge is -2.13. The molecule has 8 heteroatoms. The average Bonchev–Trinajstić information content (AvgIpc) is 3.15. The van der Waals surface area contributed by atoms with Crippen molar-refractivity contribution in [1.29, 1.82) is 0 Å². The summed E-state index contributed by atoms with van der Waals surface area (Å²) in [6.07, 6.45) is 1.65. The number of hydrogen-bond donors (Lipinski definition) is 0. The normalized spacial score (nSPS) is 14.3. The number of ether oxygens (including phenoxy) is 3. The first-order chi connectivity index (χ1) is 15.4. The molecule has 3 aromatic carbocycles. The summed E-state index contributed by atoms with van der Waals surface area (Å²) < 4.78 is 19.9. The molecule has 5 nitrogen and oxygen atoms in total. The molecule has 1 aliphatic rings. The van der Waals surface area contributed by atoms with Gasteiger partial charge < -0.3 is 14.2 Å². The second-order valence-electron chi connectivity index (χ2n) is 6.76. The lowest BCUT2D eigenvalue weighted by atomic mass is 10.1. The fourth-order valence-corrected chi connectivity index (χ4v) is 3.99. The maximum atomic E-state index is 12.5. The highest BCUT2D eigenvalue weighted by Gasteiger charge is 2.25. The molecular weight excluding hydrogens is 653 g/mol. The Kier molecular flexibility index (Phi) is 7.32. The Hall–Kier alpha value is -2.17. The summed E-state index contributed by atoms with van der Waals surface area (Å²) in [4.78, 5) is 16.9. The Morgan fingerprint density at radius 2 is 1.88 bits per heavy atom. The Labute approximate surface area is 215 Å². The lowest BCUT2D eigenvalue weighted by Crippen LogP contribution is -2.05. The second kappa shape index (κ2) is 10.2. The number of halogens is 3. The Bertz CT molecular complexity index is 1240. The van der Waals surface area contributed by atoms with Crippen LogP contribution >= 0.6 is 54.5 Å². The zero-order valence-corrected chi connectivity index (χ0v) is 22.1. The van der Waals surface area contributed by atoms with E-state index in [0.29, 0.717) is 29.2 Å². The van der Waals surface area contributed by atoms with Gasteiger partial charge in [-0.05, 0) is 86.6 Å². The topological polar surface area (TPSA) is 57.1 Å². The van der Waals surface area contributed by atoms with Crippen LogP contribution in [0.1, 0.15) is 16.7 Å². The molecule has 0 aliphatic carbocycles. The minimum absolute atomic E-state index is 0.191. The fourth-order valence-electron chi connectivity index (χ4n) is 3.01. The number of esters is 1. The highest BCUT2D eigenvalue weighted by molar-refractivity contribution is 14.1. The van der Waals surface area contributed by atoms with Crippen LogP contribution in [-0.4, -0.2) is 19.0 Å². The van der Waals surface area contributed by atoms with Crippen LogP contribution in [0.4, 0.5) is 0 Å². The van der Waals surface area contributed by atoms with E-state index in [9.17, 15) is 4.79 Å². The van der Waals surface area contributed by atoms with Gasteiger partial charge in [0.25, 0.3) is 0 Å². The Balaban J connectivity index is 1.65. The summed E-state index contributed by atoms with van der Waals surface area (Å²) in [5.41, 5.74) is 2.58. The molecule has 0 bridgehead atoms. The van der Waals surface area contributed by atoms with Crippen molar-refractivity contribution in [2.45, 2.75) is 6.61 Å². The van der Waals surface area contributed by atoms with Gasteiger partial charge in [0, 0.05) is 23.6 Å². The number of rotatable bonds is 6. The maximum absolute atomic E-state index is 12.5. The molecule has 0 saturated heterocycles. The van der Waals surface area contributed by atoms with Crippen LogP contribution in [0.2, 0.25) is 0 Å². The first-order valence-electron chi connectivity index (χ1n) is 9.47. The van der Waals surface area contributed by atoms with E-state index in [4.69, 9.17) is 14.2 Å². The summed E-state index contributed by atoms with van der Waals surface area (Å²) in [5.74, 6) is 0.836. The standard InChI is InChI=1S/C24H16Br2INO4/c1-30-21-4-2-3-15(22(21)31-13-14-5-8-17(25)9-6-14)12-20-24(29)32-23(28-20)16-7-10-19(27)18(26)11-16/h2-12H,13H2,1H3/b20-12-. The van der Waals surface area contributed by atoms with E-state index in [1.165, 1.54) is 0 Å². The smallest absolute Gasteiger partial charge is 0.363 e. The number of hydrogen-bond acceptors (Lipinski definition) is 5. The number of para-hydroxylation sites is 1. The van der Waals surface area contributed by atoms with Crippen molar-refractivity contribution < 1.29 is 19.0 Å². The molecule has 1 aliphatic heterocycles. The number of carbonyl (C=O) groups excluding carboxylic acids is 1. The fraction of sp³-hybridized carbons (Fsp3) is 0.0833. The van der Waals surface area contributed by atoms with Crippen molar-refractivity contribution in [3.8, 4) is 11.5 Å². The van der Waals surface area contributed by atoms with Gasteiger partial charge in [-0.25, -0.2) is 9.79 Å². The summed E-state index contributed by atoms with van der Waals surface area (Å²) >= 11 is 9.14. The van der Waals surface area contributed by atoms with Gasteiger partial charge in [-0.1, -0.05) is 40.2 Å². The summed E-state index contributed by atoms with van der Waals surface area (Å²) in [7, 11) is 1.58. The molecule has 0 spiro atoms. The van der Waals surface area contributed by atoms with Crippen LogP contribution in [0.5, 0.6) is 11.5 Å². The first-order valence-corrected chi connectivity index (χ1v) is 12.1. The van der Waals surface area contributed by atoms with Crippen LogP contribution in [0.3, 0.4) is 0 Å². The van der Waals surface area contributed by atoms with Crippen molar-refractivity contribution in [3.63, 3.8) is 0 Å². The highest BCUT2D eigenvalue weighted by Crippen LogP contribution is 2.34. The number of cyclic esters (lactones) is 1. The highest BCUT2D eigenvalue weighted by atomic mass is 127. The Morgan fingerprint density at radius 1 is 1.09 bits per heavy atom. The van der Waals surface area contributed by atoms with Gasteiger partial charge in [0.2, 0.25) is 5.90 Å². The minimum atomic E-state index is -0.517. The molecule has 0 aromatic heterocycles. The molecule has 32 heavy (non-hydrogen) atoms. The molecular formula is C24H16Br2INO4. The lowest BCUT2D eigenvalue weighted by molar-refractivity contribution is -0.129. The van der Waals surface area contributed by atoms with Crippen LogP contribution in [0.15, 0.2) is 80.3 Å². The maximum Gasteiger partial charge on any atom is 0.363 e. The predicted octanol–water partition coefficient (Wildman–Crippen LogP) is 6.75. The third-order valence-corrected chi connectivity index (χ3v) is 7.47. The van der Waals surface area contributed by atoms with Crippen molar-refractivity contribution in [1.82, 2.24) is 0 Å². The summed E-state index contributed by atoms with van der Waals surface area (Å²) in [6, 6.07) is 19.0. The third kappa shape index (κ3) is 5.24. The van der Waals surface area contributed by atoms with Crippen LogP contribution < -0.4 is 9.47 Å². The van der Waals surface area contributed by atoms with E-state index in [0.717, 1.165) is 18.1 Å². The third-order valence-electron chi connectivity index (χ3n) is 4.60. The summed E-state index contributed by atoms with van der Waals surface area (Å²) in [6.45, 7) is 0.347. The number of benzene rings is 3. The molecule has 0 saturated carbocycles. The molecule has 3 aromatic rings. The molecule has 0 atom stereocenters. The largest absolute Gasteiger partial charge is 0.493 e. The number of methoxy groups -OCH3 is 1. The quantitative estimate of drug-likeness (QED) is 0.166. The van der Waals surface area contributed by atoms with Crippen molar-refractivity contribution >= 4 is 72.4 Å². The van der Waals surface area contributed by atoms with Gasteiger partial charge in [-0.3, -0.25) is 0 Å². The van der Waals surface area contributed by atoms with E-state index in [-0.39, 0.29) is 11.6 Å². The van der Waals surface area contributed by atoms with Gasteiger partial charge in [-0.15, -0.1) is 0 Å². The minimum Gasteiger partial charge on any atom is -0.493 e. The van der Waals surface area contributed by atoms with E-state index in [1.54, 1.807) is 13.2 Å². The number of nitrogens with zero attached hydrogens (tertiary/aromatic N) is 1. The van der Waals surface area contributed by atoms with E-state index in [2.05, 4.69) is 59.4 Å². The Morgan fingerprint density at radius 3 is 2.59 bits per heavy atom. The molecule has 4 rings (SSSR count). The predicted molar refractivity (Wildman–Crippen MR) is 139 cm³/mol. The van der Waals surface area contributed by atoms with Gasteiger partial charge in [0.05, 0.1) is 7.11 Å². The average molecular weight is 669 g/mol. The first kappa shape index (κ1) is 23.0. The van der Waals surface area contributed by atoms with Crippen LogP contribution in [0, 0.1) is 3.57 Å². The molecule has 0 N–H and O–H groups in total. The van der Waals surface area contributed by atoms with Gasteiger partial charge in [-0.2, -0.15) is 0 Å². The van der Waals surface area contributed by atoms with E-state index >= 15 is 0 Å². The molecule has 0 unspecified atom stereocenters. The van der Waals surface area contributed by atoms with Crippen molar-refractivity contribution in [2.24, 2.45) is 4.99 Å². The number of carbonyl (C=O) groups is 1. The molecule has 1 heterocycles. The SMILES string of the molecule is COc1cccc(/C=C2\N=C(c3ccc(I)c(Br)c3)OC2=O)c1OCc1ccc(Br)cc1. The van der Waals surface area contributed by atoms with Crippen molar-refractivity contribution in [2.75, 3.05) is 7.11 Å². The zero-order chi connectivity index (χ0) is 22.7. The van der Waals surface area contributed by atoms with E-state index < -0.39 is 5.97 Å². The monoisotopic (exact) mass is 667 g/mol. The van der Waals surface area contributed by atoms with Crippen LogP contribution in [0.25, 0.3) is 6.08 Å². The zero-order valence-electron chi connectivity index (χ0n) is 16.8. The molecule has 0 amide bonds.